The van der Waals surface area contributed by atoms with Crippen LogP contribution in [-0.4, -0.2) is 33.9 Å². The molecule has 136 valence electrons. The van der Waals surface area contributed by atoms with Crippen molar-refractivity contribution in [1.29, 1.82) is 0 Å². The molecule has 1 aromatic heterocycles. The molecule has 1 aliphatic rings. The second-order valence-corrected chi connectivity index (χ2v) is 7.59. The first-order valence-corrected chi connectivity index (χ1v) is 9.69. The highest BCUT2D eigenvalue weighted by atomic mass is 35.5. The summed E-state index contributed by atoms with van der Waals surface area (Å²) in [6.45, 7) is 1.66. The van der Waals surface area contributed by atoms with Crippen molar-refractivity contribution in [1.82, 2.24) is 9.55 Å². The monoisotopic (exact) mass is 389 g/mol. The van der Waals surface area contributed by atoms with E-state index in [1.165, 1.54) is 0 Å². The number of rotatable bonds is 4. The van der Waals surface area contributed by atoms with Crippen molar-refractivity contribution in [2.75, 3.05) is 18.1 Å². The van der Waals surface area contributed by atoms with Crippen molar-refractivity contribution in [2.45, 2.75) is 31.8 Å². The lowest BCUT2D eigenvalue weighted by Gasteiger charge is -2.35. The Morgan fingerprint density at radius 1 is 1.12 bits per heavy atom. The van der Waals surface area contributed by atoms with Gasteiger partial charge in [0.05, 0.1) is 30.2 Å². The summed E-state index contributed by atoms with van der Waals surface area (Å²) in [4.78, 5) is 7.13. The highest BCUT2D eigenvalue weighted by molar-refractivity contribution is 6.35. The van der Waals surface area contributed by atoms with E-state index in [1.807, 2.05) is 30.3 Å². The number of aliphatic hydroxyl groups is 1. The molecule has 6 heteroatoms. The molecular weight excluding hydrogens is 369 g/mol. The molecule has 1 aliphatic heterocycles. The summed E-state index contributed by atoms with van der Waals surface area (Å²) in [7, 11) is 0. The predicted molar refractivity (Wildman–Crippen MR) is 107 cm³/mol. The highest BCUT2D eigenvalue weighted by Crippen LogP contribution is 2.30. The van der Waals surface area contributed by atoms with Crippen molar-refractivity contribution in [3.05, 3.63) is 58.1 Å². The zero-order valence-corrected chi connectivity index (χ0v) is 15.9. The van der Waals surface area contributed by atoms with E-state index >= 15 is 0 Å². The Labute approximate surface area is 163 Å². The van der Waals surface area contributed by atoms with Gasteiger partial charge in [-0.2, -0.15) is 0 Å². The maximum absolute atomic E-state index is 9.84. The number of anilines is 1. The normalized spacial score (nSPS) is 17.8. The van der Waals surface area contributed by atoms with Crippen molar-refractivity contribution in [3.63, 3.8) is 0 Å². The third kappa shape index (κ3) is 3.29. The van der Waals surface area contributed by atoms with Crippen LogP contribution in [0, 0.1) is 0 Å². The molecule has 0 radical (unpaired) electrons. The molecule has 4 rings (SSSR count). The van der Waals surface area contributed by atoms with Crippen LogP contribution in [0.2, 0.25) is 10.0 Å². The van der Waals surface area contributed by atoms with E-state index in [0.717, 1.165) is 48.4 Å². The van der Waals surface area contributed by atoms with Gasteiger partial charge in [0.25, 0.3) is 0 Å². The Balaban J connectivity index is 1.81. The van der Waals surface area contributed by atoms with Gasteiger partial charge in [-0.05, 0) is 49.1 Å². The molecule has 0 unspecified atom stereocenters. The molecular formula is C20H21Cl2N3O. The molecule has 0 spiro atoms. The van der Waals surface area contributed by atoms with Gasteiger partial charge in [0.15, 0.2) is 0 Å². The molecule has 0 amide bonds. The van der Waals surface area contributed by atoms with Gasteiger partial charge >= 0.3 is 0 Å². The lowest BCUT2D eigenvalue weighted by Crippen LogP contribution is -2.43. The number of halogens is 2. The van der Waals surface area contributed by atoms with Crippen LogP contribution >= 0.6 is 23.2 Å². The fourth-order valence-electron chi connectivity index (χ4n) is 3.71. The summed E-state index contributed by atoms with van der Waals surface area (Å²) in [5.41, 5.74) is 3.02. The quantitative estimate of drug-likeness (QED) is 0.700. The fraction of sp³-hybridized carbons (Fsp3) is 0.350. The van der Waals surface area contributed by atoms with Crippen molar-refractivity contribution in [3.8, 4) is 0 Å². The minimum atomic E-state index is 0.111. The number of piperidine rings is 1. The summed E-state index contributed by atoms with van der Waals surface area (Å²) in [6.07, 6.45) is 3.24. The first kappa shape index (κ1) is 17.7. The first-order chi connectivity index (χ1) is 12.7. The number of nitrogens with zero attached hydrogens (tertiary/aromatic N) is 3. The molecule has 3 aromatic rings. The van der Waals surface area contributed by atoms with Crippen LogP contribution in [0.4, 0.5) is 5.95 Å². The Kier molecular flexibility index (Phi) is 5.07. The zero-order chi connectivity index (χ0) is 18.1. The first-order valence-electron chi connectivity index (χ1n) is 8.94. The number of para-hydroxylation sites is 2. The molecule has 4 nitrogen and oxygen atoms in total. The second-order valence-electron chi connectivity index (χ2n) is 6.75. The highest BCUT2D eigenvalue weighted by Gasteiger charge is 2.26. The van der Waals surface area contributed by atoms with Crippen LogP contribution in [0.15, 0.2) is 42.5 Å². The average molecular weight is 390 g/mol. The van der Waals surface area contributed by atoms with E-state index in [-0.39, 0.29) is 12.6 Å². The number of benzene rings is 2. The van der Waals surface area contributed by atoms with Gasteiger partial charge in [-0.1, -0.05) is 41.4 Å². The Bertz CT molecular complexity index is 925. The number of hydrogen-bond donors (Lipinski definition) is 1. The van der Waals surface area contributed by atoms with Crippen LogP contribution in [0.3, 0.4) is 0 Å². The van der Waals surface area contributed by atoms with E-state index in [2.05, 4.69) is 15.5 Å². The molecule has 26 heavy (non-hydrogen) atoms. The maximum Gasteiger partial charge on any atom is 0.207 e. The molecule has 2 heterocycles. The Morgan fingerprint density at radius 2 is 1.96 bits per heavy atom. The number of aromatic nitrogens is 2. The van der Waals surface area contributed by atoms with Gasteiger partial charge in [0.2, 0.25) is 5.95 Å². The minimum absolute atomic E-state index is 0.111. The van der Waals surface area contributed by atoms with Gasteiger partial charge in [0, 0.05) is 16.6 Å². The molecule has 1 fully saturated rings. The van der Waals surface area contributed by atoms with Crippen LogP contribution in [-0.2, 0) is 6.54 Å². The Hall–Kier alpha value is -1.75. The van der Waals surface area contributed by atoms with E-state index in [9.17, 15) is 5.11 Å². The number of hydrogen-bond acceptors (Lipinski definition) is 3. The van der Waals surface area contributed by atoms with E-state index in [1.54, 1.807) is 6.07 Å². The number of aliphatic hydroxyl groups excluding tert-OH is 1. The van der Waals surface area contributed by atoms with E-state index in [4.69, 9.17) is 28.2 Å². The van der Waals surface area contributed by atoms with Gasteiger partial charge in [0.1, 0.15) is 0 Å². The van der Waals surface area contributed by atoms with Gasteiger partial charge < -0.3 is 14.6 Å². The van der Waals surface area contributed by atoms with Crippen molar-refractivity contribution < 1.29 is 5.11 Å². The molecule has 0 aliphatic carbocycles. The lowest BCUT2D eigenvalue weighted by atomic mass is 10.0. The zero-order valence-electron chi connectivity index (χ0n) is 14.4. The Morgan fingerprint density at radius 3 is 2.77 bits per heavy atom. The van der Waals surface area contributed by atoms with Gasteiger partial charge in [-0.25, -0.2) is 4.98 Å². The topological polar surface area (TPSA) is 41.3 Å². The standard InChI is InChI=1S/C20H21Cl2N3O/c21-15-9-8-14(17(22)11-15)12-25-19-7-2-1-6-18(19)23-20(25)24-10-4-3-5-16(24)13-26/h1-2,6-9,11,16,26H,3-5,10,12-13H2/t16-/m0/s1. The summed E-state index contributed by atoms with van der Waals surface area (Å²) >= 11 is 12.5. The SMILES string of the molecule is OC[C@@H]1CCCCN1c1nc2ccccc2n1Cc1ccc(Cl)cc1Cl. The van der Waals surface area contributed by atoms with Crippen LogP contribution in [0.1, 0.15) is 24.8 Å². The molecule has 1 saturated heterocycles. The maximum atomic E-state index is 9.84. The summed E-state index contributed by atoms with van der Waals surface area (Å²) < 4.78 is 2.19. The molecule has 0 bridgehead atoms. The summed E-state index contributed by atoms with van der Waals surface area (Å²) in [5, 5.41) is 11.1. The summed E-state index contributed by atoms with van der Waals surface area (Å²) in [5.74, 6) is 0.899. The molecule has 0 saturated carbocycles. The largest absolute Gasteiger partial charge is 0.394 e. The van der Waals surface area contributed by atoms with Crippen molar-refractivity contribution in [2.24, 2.45) is 0 Å². The fourth-order valence-corrected chi connectivity index (χ4v) is 4.18. The smallest absolute Gasteiger partial charge is 0.207 e. The third-order valence-electron chi connectivity index (χ3n) is 5.07. The molecule has 1 atom stereocenters. The minimum Gasteiger partial charge on any atom is -0.394 e. The number of fused-ring (bicyclic) bond motifs is 1. The van der Waals surface area contributed by atoms with Crippen LogP contribution in [0.5, 0.6) is 0 Å². The lowest BCUT2D eigenvalue weighted by molar-refractivity contribution is 0.238. The molecule has 1 N–H and O–H groups in total. The van der Waals surface area contributed by atoms with Crippen LogP contribution < -0.4 is 4.90 Å². The third-order valence-corrected chi connectivity index (χ3v) is 5.66. The van der Waals surface area contributed by atoms with Crippen molar-refractivity contribution >= 4 is 40.2 Å². The van der Waals surface area contributed by atoms with Crippen LogP contribution in [0.25, 0.3) is 11.0 Å². The van der Waals surface area contributed by atoms with Gasteiger partial charge in [-0.15, -0.1) is 0 Å². The number of imidazole rings is 1. The predicted octanol–water partition coefficient (Wildman–Crippen LogP) is 4.74. The van der Waals surface area contributed by atoms with E-state index < -0.39 is 0 Å². The summed E-state index contributed by atoms with van der Waals surface area (Å²) in [6, 6.07) is 13.8. The average Bonchev–Trinajstić information content (AvgIpc) is 3.02. The molecule has 2 aromatic carbocycles. The second kappa shape index (κ2) is 7.47. The van der Waals surface area contributed by atoms with Gasteiger partial charge in [-0.3, -0.25) is 0 Å². The van der Waals surface area contributed by atoms with E-state index in [0.29, 0.717) is 16.6 Å².